The quantitative estimate of drug-likeness (QED) is 0.354. The van der Waals surface area contributed by atoms with Crippen molar-refractivity contribution in [1.82, 2.24) is 0 Å². The minimum absolute atomic E-state index is 0. The van der Waals surface area contributed by atoms with Crippen LogP contribution >= 0.6 is 0 Å². The largest absolute Gasteiger partial charge is 0.184 e. The molecule has 1 N–H and O–H groups in total. The Kier molecular flexibility index (Phi) is 14.8. The molecule has 1 rings (SSSR count). The molecular weight excluding hydrogens is 184 g/mol. The molecule has 0 saturated carbocycles. The number of hydrogen-bond acceptors (Lipinski definition) is 1. The predicted octanol–water partition coefficient (Wildman–Crippen LogP) is -2.83. The van der Waals surface area contributed by atoms with E-state index >= 15 is 0 Å². The zero-order chi connectivity index (χ0) is 6.95. The second-order valence-corrected chi connectivity index (χ2v) is 1.63. The summed E-state index contributed by atoms with van der Waals surface area (Å²) in [5, 5.41) is 0. The Bertz CT molecular complexity index is 119. The molecule has 0 aliphatic carbocycles. The van der Waals surface area contributed by atoms with Crippen molar-refractivity contribution in [2.24, 2.45) is 0 Å². The van der Waals surface area contributed by atoms with Crippen LogP contribution in [-0.2, 0) is 3.78 Å². The van der Waals surface area contributed by atoms with Crippen LogP contribution in [0.15, 0.2) is 30.3 Å². The van der Waals surface area contributed by atoms with Crippen molar-refractivity contribution < 1.29 is 26.8 Å². The molecule has 1 aromatic carbocycles. The first kappa shape index (κ1) is 12.6. The maximum Gasteiger partial charge on any atom is -0.171 e. The van der Waals surface area contributed by atoms with Crippen LogP contribution in [0, 0.1) is 6.07 Å². The summed E-state index contributed by atoms with van der Waals surface area (Å²) >= 11 is -1.94. The maximum atomic E-state index is 8.64. The van der Waals surface area contributed by atoms with E-state index in [9.17, 15) is 0 Å². The van der Waals surface area contributed by atoms with Gasteiger partial charge in [-0.25, -0.2) is 0 Å². The van der Waals surface area contributed by atoms with E-state index in [2.05, 4.69) is 6.07 Å². The summed E-state index contributed by atoms with van der Waals surface area (Å²) < 4.78 is 15.8. The van der Waals surface area contributed by atoms with Gasteiger partial charge >= 0.3 is 42.5 Å². The average molecular weight is 191 g/mol. The molecule has 0 aliphatic rings. The minimum atomic E-state index is -1.94. The van der Waals surface area contributed by atoms with E-state index in [1.807, 2.05) is 30.3 Å². The van der Waals surface area contributed by atoms with Crippen LogP contribution in [0.3, 0.4) is 0 Å². The van der Waals surface area contributed by atoms with E-state index in [4.69, 9.17) is 7.91 Å². The molecule has 0 fully saturated rings. The molecule has 0 saturated heterocycles. The van der Waals surface area contributed by atoms with E-state index in [-0.39, 0.29) is 18.9 Å². The third-order valence-corrected chi connectivity index (χ3v) is 0.607. The molecular formula is C6H7GeLiO2. The Morgan fingerprint density at radius 2 is 1.60 bits per heavy atom. The fraction of sp³-hybridized carbons (Fsp3) is 0. The summed E-state index contributed by atoms with van der Waals surface area (Å²) in [5.41, 5.74) is 0. The molecule has 1 aromatic rings. The fourth-order valence-corrected chi connectivity index (χ4v) is 0.342. The summed E-state index contributed by atoms with van der Waals surface area (Å²) in [6, 6.07) is 12.5. The molecule has 0 aromatic heterocycles. The SMILES string of the molecule is [Li+].[O]=[GeH][OH].[c-]1ccccc1. The topological polar surface area (TPSA) is 37.3 Å². The van der Waals surface area contributed by atoms with Gasteiger partial charge < -0.3 is 0 Å². The smallest absolute Gasteiger partial charge is 0.171 e. The van der Waals surface area contributed by atoms with Gasteiger partial charge in [-0.3, -0.25) is 0 Å². The van der Waals surface area contributed by atoms with Gasteiger partial charge in [0.05, 0.1) is 0 Å². The van der Waals surface area contributed by atoms with Crippen molar-refractivity contribution in [3.63, 3.8) is 0 Å². The van der Waals surface area contributed by atoms with Gasteiger partial charge in [0, 0.05) is 0 Å². The summed E-state index contributed by atoms with van der Waals surface area (Å²) in [6.45, 7) is 0. The van der Waals surface area contributed by atoms with Crippen LogP contribution in [0.5, 0.6) is 0 Å². The second kappa shape index (κ2) is 11.7. The number of hydrogen-bond donors (Lipinski definition) is 1. The number of rotatable bonds is 0. The fourth-order valence-electron chi connectivity index (χ4n) is 0.342. The molecule has 0 amide bonds. The number of benzene rings is 1. The molecule has 0 heterocycles. The van der Waals surface area contributed by atoms with Crippen LogP contribution in [0.25, 0.3) is 0 Å². The van der Waals surface area contributed by atoms with Gasteiger partial charge in [-0.15, -0.1) is 0 Å². The Balaban J connectivity index is 0. The van der Waals surface area contributed by atoms with Gasteiger partial charge in [0.15, 0.2) is 0 Å². The summed E-state index contributed by atoms with van der Waals surface area (Å²) in [7, 11) is 0. The minimum Gasteiger partial charge on any atom is -0.184 e. The monoisotopic (exact) mass is 192 g/mol. The van der Waals surface area contributed by atoms with Crippen LogP contribution in [-0.4, -0.2) is 19.8 Å². The molecule has 0 bridgehead atoms. The van der Waals surface area contributed by atoms with Gasteiger partial charge in [-0.1, -0.05) is 0 Å². The molecule has 48 valence electrons. The third-order valence-electron chi connectivity index (χ3n) is 0.607. The first-order chi connectivity index (χ1) is 4.41. The average Bonchev–Trinajstić information content (AvgIpc) is 1.93. The molecule has 0 aliphatic heterocycles. The molecule has 4 heteroatoms. The van der Waals surface area contributed by atoms with Crippen molar-refractivity contribution in [3.05, 3.63) is 36.4 Å². The van der Waals surface area contributed by atoms with Gasteiger partial charge in [0.2, 0.25) is 0 Å². The summed E-state index contributed by atoms with van der Waals surface area (Å²) in [4.78, 5) is 0. The Morgan fingerprint density at radius 1 is 1.20 bits per heavy atom. The molecule has 0 atom stereocenters. The Labute approximate surface area is 78.9 Å². The summed E-state index contributed by atoms with van der Waals surface area (Å²) in [6.07, 6.45) is 0. The predicted molar refractivity (Wildman–Crippen MR) is 35.3 cm³/mol. The van der Waals surface area contributed by atoms with E-state index in [1.54, 1.807) is 0 Å². The summed E-state index contributed by atoms with van der Waals surface area (Å²) in [5.74, 6) is 0. The standard InChI is InChI=1S/C6H5.GeH2O2.Li/c1-2-4-6-5-3-1;2-1-3;/h1-5H;1-2H;/q-1;;+1. The zero-order valence-electron chi connectivity index (χ0n) is 5.82. The van der Waals surface area contributed by atoms with Crippen LogP contribution in [0.2, 0.25) is 0 Å². The molecule has 0 radical (unpaired) electrons. The van der Waals surface area contributed by atoms with E-state index < -0.39 is 15.7 Å². The molecule has 10 heavy (non-hydrogen) atoms. The van der Waals surface area contributed by atoms with Gasteiger partial charge in [0.25, 0.3) is 0 Å². The second-order valence-electron chi connectivity index (χ2n) is 1.18. The van der Waals surface area contributed by atoms with Crippen molar-refractivity contribution in [2.45, 2.75) is 0 Å². The molecule has 2 nitrogen and oxygen atoms in total. The first-order valence-electron chi connectivity index (χ1n) is 2.40. The van der Waals surface area contributed by atoms with Crippen molar-refractivity contribution >= 4 is 15.7 Å². The zero-order valence-corrected chi connectivity index (χ0v) is 8.24. The molecule has 0 spiro atoms. The van der Waals surface area contributed by atoms with E-state index in [0.29, 0.717) is 0 Å². The normalized spacial score (nSPS) is 6.00. The van der Waals surface area contributed by atoms with E-state index in [1.165, 1.54) is 0 Å². The molecule has 0 unspecified atom stereocenters. The maximum absolute atomic E-state index is 8.64. The third kappa shape index (κ3) is 10.9. The van der Waals surface area contributed by atoms with Gasteiger partial charge in [0.1, 0.15) is 0 Å². The van der Waals surface area contributed by atoms with Crippen molar-refractivity contribution in [3.8, 4) is 0 Å². The Hall–Kier alpha value is -0.0397. The van der Waals surface area contributed by atoms with Gasteiger partial charge in [-0.05, 0) is 0 Å². The van der Waals surface area contributed by atoms with E-state index in [0.717, 1.165) is 0 Å². The van der Waals surface area contributed by atoms with Crippen LogP contribution in [0.4, 0.5) is 0 Å². The van der Waals surface area contributed by atoms with Gasteiger partial charge in [-0.2, -0.15) is 36.4 Å². The first-order valence-corrected chi connectivity index (χ1v) is 4.48. The van der Waals surface area contributed by atoms with Crippen molar-refractivity contribution in [2.75, 3.05) is 0 Å². The van der Waals surface area contributed by atoms with Crippen molar-refractivity contribution in [1.29, 1.82) is 0 Å². The van der Waals surface area contributed by atoms with Crippen LogP contribution in [0.1, 0.15) is 0 Å². The van der Waals surface area contributed by atoms with Crippen LogP contribution < -0.4 is 18.9 Å². The Morgan fingerprint density at radius 3 is 1.70 bits per heavy atom.